The summed E-state index contributed by atoms with van der Waals surface area (Å²) in [6, 6.07) is 13.0. The summed E-state index contributed by atoms with van der Waals surface area (Å²) in [7, 11) is 0. The lowest BCUT2D eigenvalue weighted by molar-refractivity contribution is -0.143. The summed E-state index contributed by atoms with van der Waals surface area (Å²) in [5.41, 5.74) is 1.59. The predicted molar refractivity (Wildman–Crippen MR) is 116 cm³/mol. The molecule has 152 valence electrons. The van der Waals surface area contributed by atoms with Gasteiger partial charge in [0.25, 0.3) is 0 Å². The first-order valence-electron chi connectivity index (χ1n) is 9.28. The van der Waals surface area contributed by atoms with Crippen molar-refractivity contribution < 1.29 is 14.3 Å². The zero-order chi connectivity index (χ0) is 21.3. The minimum Gasteiger partial charge on any atom is -0.487 e. The molecule has 0 saturated heterocycles. The largest absolute Gasteiger partial charge is 0.487 e. The average molecular weight is 441 g/mol. The van der Waals surface area contributed by atoms with Crippen molar-refractivity contribution in [1.82, 2.24) is 9.97 Å². The number of rotatable bonds is 4. The molecule has 5 nitrogen and oxygen atoms in total. The van der Waals surface area contributed by atoms with E-state index in [2.05, 4.69) is 9.97 Å². The molecule has 0 saturated carbocycles. The molecule has 7 heteroatoms. The number of cyclic esters (lactones) is 1. The van der Waals surface area contributed by atoms with Crippen molar-refractivity contribution >= 4 is 41.0 Å². The number of ether oxygens (including phenoxy) is 2. The molecule has 1 aromatic heterocycles. The lowest BCUT2D eigenvalue weighted by Crippen LogP contribution is -2.37. The smallest absolute Gasteiger partial charge is 0.323 e. The van der Waals surface area contributed by atoms with E-state index in [1.807, 2.05) is 30.3 Å². The highest BCUT2D eigenvalue weighted by molar-refractivity contribution is 6.35. The Kier molecular flexibility index (Phi) is 5.50. The fourth-order valence-electron chi connectivity index (χ4n) is 3.14. The summed E-state index contributed by atoms with van der Waals surface area (Å²) in [5, 5.41) is 0.797. The maximum Gasteiger partial charge on any atom is 0.323 e. The highest BCUT2D eigenvalue weighted by Gasteiger charge is 2.42. The van der Waals surface area contributed by atoms with E-state index in [-0.39, 0.29) is 5.76 Å². The number of hydrogen-bond acceptors (Lipinski definition) is 5. The molecule has 0 aliphatic carbocycles. The van der Waals surface area contributed by atoms with Gasteiger partial charge in [-0.05, 0) is 37.6 Å². The van der Waals surface area contributed by atoms with Crippen molar-refractivity contribution in [2.45, 2.75) is 25.9 Å². The molecule has 2 aromatic carbocycles. The Morgan fingerprint density at radius 3 is 2.50 bits per heavy atom. The minimum absolute atomic E-state index is 0.246. The topological polar surface area (TPSA) is 61.3 Å². The second-order valence-electron chi connectivity index (χ2n) is 7.32. The van der Waals surface area contributed by atoms with Crippen LogP contribution in [0.15, 0.2) is 54.9 Å². The Balaban J connectivity index is 1.78. The van der Waals surface area contributed by atoms with E-state index in [4.69, 9.17) is 32.7 Å². The first-order chi connectivity index (χ1) is 14.4. The van der Waals surface area contributed by atoms with Crippen LogP contribution in [0, 0.1) is 0 Å². The van der Waals surface area contributed by atoms with E-state index < -0.39 is 11.4 Å². The van der Waals surface area contributed by atoms with Gasteiger partial charge in [-0.25, -0.2) is 4.98 Å². The van der Waals surface area contributed by atoms with Crippen molar-refractivity contribution in [3.8, 4) is 5.75 Å². The summed E-state index contributed by atoms with van der Waals surface area (Å²) >= 11 is 12.9. The Bertz CT molecular complexity index is 1140. The van der Waals surface area contributed by atoms with Gasteiger partial charge in [0.2, 0.25) is 0 Å². The van der Waals surface area contributed by atoms with Crippen molar-refractivity contribution in [1.29, 1.82) is 0 Å². The standard InChI is InChI=1S/C23H18Cl2N2O3/c1-23(2)21-19(26-10-11-27-21)18(30-22(23)28)12-15-16(24)8-9-17(25)20(15)29-13-14-6-4-3-5-7-14/h3-12H,13H2,1-2H3/b18-12+. The molecule has 0 spiro atoms. The lowest BCUT2D eigenvalue weighted by Gasteiger charge is -2.29. The molecular weight excluding hydrogens is 423 g/mol. The van der Waals surface area contributed by atoms with Gasteiger partial charge < -0.3 is 9.47 Å². The number of hydrogen-bond donors (Lipinski definition) is 0. The first-order valence-corrected chi connectivity index (χ1v) is 10.0. The third-order valence-electron chi connectivity index (χ3n) is 4.83. The summed E-state index contributed by atoms with van der Waals surface area (Å²) in [4.78, 5) is 21.3. The molecule has 0 bridgehead atoms. The second kappa shape index (κ2) is 8.09. The zero-order valence-corrected chi connectivity index (χ0v) is 17.9. The van der Waals surface area contributed by atoms with Gasteiger partial charge in [-0.2, -0.15) is 0 Å². The van der Waals surface area contributed by atoms with Gasteiger partial charge in [-0.15, -0.1) is 0 Å². The van der Waals surface area contributed by atoms with Crippen LogP contribution in [0.5, 0.6) is 5.75 Å². The van der Waals surface area contributed by atoms with Crippen LogP contribution in [0.3, 0.4) is 0 Å². The van der Waals surface area contributed by atoms with E-state index >= 15 is 0 Å². The zero-order valence-electron chi connectivity index (χ0n) is 16.4. The highest BCUT2D eigenvalue weighted by atomic mass is 35.5. The predicted octanol–water partition coefficient (Wildman–Crippen LogP) is 5.69. The average Bonchev–Trinajstić information content (AvgIpc) is 2.75. The van der Waals surface area contributed by atoms with Gasteiger partial charge in [0, 0.05) is 18.0 Å². The van der Waals surface area contributed by atoms with Gasteiger partial charge in [0.15, 0.2) is 5.76 Å². The van der Waals surface area contributed by atoms with Crippen LogP contribution in [-0.2, 0) is 21.6 Å². The number of fused-ring (bicyclic) bond motifs is 1. The van der Waals surface area contributed by atoms with Crippen LogP contribution < -0.4 is 4.74 Å². The van der Waals surface area contributed by atoms with Crippen molar-refractivity contribution in [3.05, 3.63) is 87.4 Å². The highest BCUT2D eigenvalue weighted by Crippen LogP contribution is 2.41. The molecule has 0 atom stereocenters. The number of aromatic nitrogens is 2. The van der Waals surface area contributed by atoms with E-state index in [1.54, 1.807) is 44.4 Å². The number of benzene rings is 2. The van der Waals surface area contributed by atoms with Gasteiger partial charge >= 0.3 is 5.97 Å². The number of halogens is 2. The second-order valence-corrected chi connectivity index (χ2v) is 8.14. The fourth-order valence-corrected chi connectivity index (χ4v) is 3.56. The SMILES string of the molecule is CC1(C)C(=O)O/C(=C/c2c(Cl)ccc(Cl)c2OCc2ccccc2)c2nccnc21. The Labute approximate surface area is 184 Å². The van der Waals surface area contributed by atoms with Crippen molar-refractivity contribution in [2.24, 2.45) is 0 Å². The van der Waals surface area contributed by atoms with Crippen LogP contribution in [0.2, 0.25) is 10.0 Å². The molecule has 1 aliphatic rings. The van der Waals surface area contributed by atoms with Gasteiger partial charge in [0.1, 0.15) is 23.5 Å². The molecule has 3 aromatic rings. The molecule has 4 rings (SSSR count). The van der Waals surface area contributed by atoms with Crippen LogP contribution in [0.4, 0.5) is 0 Å². The third kappa shape index (κ3) is 3.78. The van der Waals surface area contributed by atoms with E-state index in [9.17, 15) is 4.79 Å². The maximum absolute atomic E-state index is 12.6. The maximum atomic E-state index is 12.6. The summed E-state index contributed by atoms with van der Waals surface area (Å²) < 4.78 is 11.6. The Morgan fingerprint density at radius 2 is 1.73 bits per heavy atom. The Morgan fingerprint density at radius 1 is 1.03 bits per heavy atom. The van der Waals surface area contributed by atoms with E-state index in [0.29, 0.717) is 39.4 Å². The molecule has 0 N–H and O–H groups in total. The normalized spacial score (nSPS) is 16.1. The number of nitrogens with zero attached hydrogens (tertiary/aromatic N) is 2. The Hall–Kier alpha value is -2.89. The molecule has 0 unspecified atom stereocenters. The van der Waals surface area contributed by atoms with E-state index in [1.165, 1.54) is 0 Å². The fraction of sp³-hybridized carbons (Fsp3) is 0.174. The summed E-state index contributed by atoms with van der Waals surface area (Å²) in [6.45, 7) is 3.81. The third-order valence-corrected chi connectivity index (χ3v) is 5.46. The quantitative estimate of drug-likeness (QED) is 0.487. The van der Waals surface area contributed by atoms with Crippen LogP contribution in [0.25, 0.3) is 11.8 Å². The minimum atomic E-state index is -0.911. The number of carbonyl (C=O) groups is 1. The first kappa shape index (κ1) is 20.4. The van der Waals surface area contributed by atoms with Crippen LogP contribution in [0.1, 0.15) is 36.4 Å². The molecule has 0 fully saturated rings. The van der Waals surface area contributed by atoms with Crippen molar-refractivity contribution in [3.63, 3.8) is 0 Å². The van der Waals surface area contributed by atoms with Crippen molar-refractivity contribution in [2.75, 3.05) is 0 Å². The molecular formula is C23H18Cl2N2O3. The summed E-state index contributed by atoms with van der Waals surface area (Å²) in [6.07, 6.45) is 4.72. The van der Waals surface area contributed by atoms with Gasteiger partial charge in [-0.1, -0.05) is 53.5 Å². The summed E-state index contributed by atoms with van der Waals surface area (Å²) in [5.74, 6) is 0.217. The lowest BCUT2D eigenvalue weighted by atomic mass is 9.85. The van der Waals surface area contributed by atoms with Crippen LogP contribution in [-0.4, -0.2) is 15.9 Å². The number of esters is 1. The molecule has 1 aliphatic heterocycles. The molecule has 2 heterocycles. The van der Waals surface area contributed by atoms with E-state index in [0.717, 1.165) is 5.56 Å². The van der Waals surface area contributed by atoms with Gasteiger partial charge in [0.05, 0.1) is 15.7 Å². The van der Waals surface area contributed by atoms with Gasteiger partial charge in [-0.3, -0.25) is 9.78 Å². The number of carbonyl (C=O) groups excluding carboxylic acids is 1. The van der Waals surface area contributed by atoms with Crippen LogP contribution >= 0.6 is 23.2 Å². The molecule has 0 amide bonds. The molecule has 30 heavy (non-hydrogen) atoms. The monoisotopic (exact) mass is 440 g/mol. The molecule has 0 radical (unpaired) electrons.